The smallest absolute Gasteiger partial charge is 0.346 e. The maximum absolute atomic E-state index is 13.7. The maximum Gasteiger partial charge on any atom is 0.391 e. The third-order valence-corrected chi connectivity index (χ3v) is 4.32. The molecule has 0 radical (unpaired) electrons. The Morgan fingerprint density at radius 1 is 1.10 bits per heavy atom. The van der Waals surface area contributed by atoms with E-state index in [0.29, 0.717) is 5.39 Å². The number of benzene rings is 1. The number of hydrogen-bond acceptors (Lipinski definition) is 3. The third-order valence-electron chi connectivity index (χ3n) is 4.32. The van der Waals surface area contributed by atoms with E-state index >= 15 is 0 Å². The van der Waals surface area contributed by atoms with E-state index in [1.807, 2.05) is 0 Å². The average Bonchev–Trinajstić information content (AvgIpc) is 2.59. The van der Waals surface area contributed by atoms with Crippen molar-refractivity contribution in [3.05, 3.63) is 71.7 Å². The molecule has 3 aromatic rings. The van der Waals surface area contributed by atoms with Gasteiger partial charge in [-0.2, -0.15) is 17.6 Å². The predicted octanol–water partition coefficient (Wildman–Crippen LogP) is 4.59. The van der Waals surface area contributed by atoms with Gasteiger partial charge in [-0.1, -0.05) is 12.1 Å². The summed E-state index contributed by atoms with van der Waals surface area (Å²) in [7, 11) is 0. The normalized spacial score (nSPS) is 13.9. The van der Waals surface area contributed by atoms with Gasteiger partial charge in [0.25, 0.3) is 5.91 Å². The van der Waals surface area contributed by atoms with Crippen LogP contribution in [0.2, 0.25) is 0 Å². The summed E-state index contributed by atoms with van der Waals surface area (Å²) in [6, 6.07) is 7.93. The van der Waals surface area contributed by atoms with Crippen LogP contribution in [0.4, 0.5) is 22.0 Å². The minimum Gasteiger partial charge on any atom is -0.346 e. The molecule has 2 heterocycles. The zero-order valence-electron chi connectivity index (χ0n) is 15.2. The molecule has 0 bridgehead atoms. The van der Waals surface area contributed by atoms with E-state index in [1.165, 1.54) is 37.3 Å². The molecular weight excluding hydrogens is 393 g/mol. The molecule has 2 aromatic heterocycles. The summed E-state index contributed by atoms with van der Waals surface area (Å²) >= 11 is 0. The maximum atomic E-state index is 13.7. The van der Waals surface area contributed by atoms with Gasteiger partial charge in [-0.05, 0) is 43.2 Å². The first kappa shape index (κ1) is 20.6. The van der Waals surface area contributed by atoms with Crippen LogP contribution in [0, 0.1) is 11.8 Å². The standard InChI is InChI=1S/C20H16F5N3O/c1-19(11-20(23,24)25,9-12-5-6-26-16(22)7-12)28-18(29)14-8-13-3-2-4-15(21)17(13)27-10-14/h2-8,10H,9,11H2,1H3,(H,28,29). The Morgan fingerprint density at radius 3 is 2.55 bits per heavy atom. The fourth-order valence-corrected chi connectivity index (χ4v) is 3.19. The highest BCUT2D eigenvalue weighted by Crippen LogP contribution is 2.30. The molecule has 1 atom stereocenters. The molecule has 0 aliphatic rings. The molecule has 1 amide bonds. The molecule has 1 unspecified atom stereocenters. The van der Waals surface area contributed by atoms with E-state index in [9.17, 15) is 26.7 Å². The van der Waals surface area contributed by atoms with Crippen molar-refractivity contribution in [2.24, 2.45) is 0 Å². The van der Waals surface area contributed by atoms with E-state index in [-0.39, 0.29) is 23.1 Å². The van der Waals surface area contributed by atoms with Crippen molar-refractivity contribution < 1.29 is 26.7 Å². The highest BCUT2D eigenvalue weighted by Gasteiger charge is 2.40. The van der Waals surface area contributed by atoms with Gasteiger partial charge in [-0.15, -0.1) is 0 Å². The molecule has 0 spiro atoms. The molecule has 9 heteroatoms. The van der Waals surface area contributed by atoms with Crippen LogP contribution < -0.4 is 5.32 Å². The number of carbonyl (C=O) groups excluding carboxylic acids is 1. The molecule has 152 valence electrons. The van der Waals surface area contributed by atoms with Crippen LogP contribution in [0.1, 0.15) is 29.3 Å². The Morgan fingerprint density at radius 2 is 1.86 bits per heavy atom. The van der Waals surface area contributed by atoms with Crippen LogP contribution in [0.15, 0.2) is 48.8 Å². The number of pyridine rings is 2. The fraction of sp³-hybridized carbons (Fsp3) is 0.250. The summed E-state index contributed by atoms with van der Waals surface area (Å²) < 4.78 is 66.5. The number of amides is 1. The van der Waals surface area contributed by atoms with Gasteiger partial charge >= 0.3 is 6.18 Å². The first-order valence-corrected chi connectivity index (χ1v) is 8.59. The van der Waals surface area contributed by atoms with Gasteiger partial charge in [0.1, 0.15) is 11.3 Å². The second-order valence-corrected chi connectivity index (χ2v) is 7.01. The highest BCUT2D eigenvalue weighted by atomic mass is 19.4. The molecule has 1 N–H and O–H groups in total. The van der Waals surface area contributed by atoms with Crippen molar-refractivity contribution in [2.45, 2.75) is 31.5 Å². The first-order chi connectivity index (χ1) is 13.5. The molecule has 0 saturated heterocycles. The lowest BCUT2D eigenvalue weighted by atomic mass is 9.89. The number of nitrogens with zero attached hydrogens (tertiary/aromatic N) is 2. The molecule has 1 aromatic carbocycles. The van der Waals surface area contributed by atoms with E-state index < -0.39 is 35.8 Å². The van der Waals surface area contributed by atoms with Crippen LogP contribution in [-0.2, 0) is 6.42 Å². The number of para-hydroxylation sites is 1. The zero-order chi connectivity index (χ0) is 21.2. The number of fused-ring (bicyclic) bond motifs is 1. The molecule has 3 rings (SSSR count). The lowest BCUT2D eigenvalue weighted by Gasteiger charge is -2.32. The van der Waals surface area contributed by atoms with Gasteiger partial charge in [0.2, 0.25) is 5.95 Å². The first-order valence-electron chi connectivity index (χ1n) is 8.59. The summed E-state index contributed by atoms with van der Waals surface area (Å²) in [4.78, 5) is 19.9. The average molecular weight is 409 g/mol. The van der Waals surface area contributed by atoms with Crippen LogP contribution in [0.5, 0.6) is 0 Å². The molecule has 0 fully saturated rings. The number of hydrogen-bond donors (Lipinski definition) is 1. The molecule has 4 nitrogen and oxygen atoms in total. The summed E-state index contributed by atoms with van der Waals surface area (Å²) in [5, 5.41) is 2.72. The van der Waals surface area contributed by atoms with Crippen molar-refractivity contribution in [2.75, 3.05) is 0 Å². The Bertz CT molecular complexity index is 1050. The van der Waals surface area contributed by atoms with Gasteiger partial charge in [0.15, 0.2) is 0 Å². The number of nitrogens with one attached hydrogen (secondary N) is 1. The van der Waals surface area contributed by atoms with E-state index in [2.05, 4.69) is 15.3 Å². The Balaban J connectivity index is 1.89. The van der Waals surface area contributed by atoms with Gasteiger partial charge < -0.3 is 5.32 Å². The van der Waals surface area contributed by atoms with Gasteiger partial charge in [0.05, 0.1) is 17.5 Å². The minimum absolute atomic E-state index is 0.0163. The zero-order valence-corrected chi connectivity index (χ0v) is 15.2. The van der Waals surface area contributed by atoms with Crippen molar-refractivity contribution in [3.63, 3.8) is 0 Å². The van der Waals surface area contributed by atoms with Gasteiger partial charge in [0, 0.05) is 17.8 Å². The fourth-order valence-electron chi connectivity index (χ4n) is 3.19. The lowest BCUT2D eigenvalue weighted by molar-refractivity contribution is -0.147. The lowest BCUT2D eigenvalue weighted by Crippen LogP contribution is -2.50. The van der Waals surface area contributed by atoms with Gasteiger partial charge in [-0.25, -0.2) is 9.37 Å². The molecule has 0 saturated carbocycles. The van der Waals surface area contributed by atoms with Crippen molar-refractivity contribution in [3.8, 4) is 0 Å². The monoisotopic (exact) mass is 409 g/mol. The van der Waals surface area contributed by atoms with Crippen LogP contribution >= 0.6 is 0 Å². The van der Waals surface area contributed by atoms with Crippen molar-refractivity contribution in [1.82, 2.24) is 15.3 Å². The minimum atomic E-state index is -4.57. The topological polar surface area (TPSA) is 54.9 Å². The molecular formula is C20H16F5N3O. The Kier molecular flexibility index (Phi) is 5.50. The number of alkyl halides is 3. The van der Waals surface area contributed by atoms with E-state index in [0.717, 1.165) is 18.5 Å². The van der Waals surface area contributed by atoms with Gasteiger partial charge in [-0.3, -0.25) is 9.78 Å². The predicted molar refractivity (Wildman–Crippen MR) is 96.1 cm³/mol. The van der Waals surface area contributed by atoms with Crippen LogP contribution in [0.3, 0.4) is 0 Å². The Hall–Kier alpha value is -3.10. The Labute approximate surface area is 162 Å². The molecule has 0 aliphatic carbocycles. The largest absolute Gasteiger partial charge is 0.391 e. The van der Waals surface area contributed by atoms with Crippen LogP contribution in [0.25, 0.3) is 10.9 Å². The highest BCUT2D eigenvalue weighted by molar-refractivity contribution is 5.97. The third kappa shape index (κ3) is 5.24. The van der Waals surface area contributed by atoms with Crippen molar-refractivity contribution in [1.29, 1.82) is 0 Å². The number of rotatable bonds is 5. The summed E-state index contributed by atoms with van der Waals surface area (Å²) in [6.45, 7) is 1.23. The number of aromatic nitrogens is 2. The van der Waals surface area contributed by atoms with Crippen molar-refractivity contribution >= 4 is 16.8 Å². The molecule has 29 heavy (non-hydrogen) atoms. The second-order valence-electron chi connectivity index (χ2n) is 7.01. The van der Waals surface area contributed by atoms with E-state index in [4.69, 9.17) is 0 Å². The SMILES string of the molecule is CC(Cc1ccnc(F)c1)(CC(F)(F)F)NC(=O)c1cnc2c(F)cccc2c1. The summed E-state index contributed by atoms with van der Waals surface area (Å²) in [5.41, 5.74) is -1.46. The van der Waals surface area contributed by atoms with E-state index in [1.54, 1.807) is 0 Å². The summed E-state index contributed by atoms with van der Waals surface area (Å²) in [6.07, 6.45) is -3.93. The number of carbonyl (C=O) groups is 1. The summed E-state index contributed by atoms with van der Waals surface area (Å²) in [5.74, 6) is -2.20. The van der Waals surface area contributed by atoms with Crippen LogP contribution in [-0.4, -0.2) is 27.6 Å². The molecule has 0 aliphatic heterocycles. The quantitative estimate of drug-likeness (QED) is 0.495. The second kappa shape index (κ2) is 7.73. The number of halogens is 5.